The molecule has 0 aromatic heterocycles. The molecule has 0 amide bonds. The zero-order valence-corrected chi connectivity index (χ0v) is 11.1. The van der Waals surface area contributed by atoms with Crippen molar-refractivity contribution in [3.8, 4) is 0 Å². The summed E-state index contributed by atoms with van der Waals surface area (Å²) in [6.07, 6.45) is 4.04. The van der Waals surface area contributed by atoms with Gasteiger partial charge in [0.2, 0.25) is 0 Å². The van der Waals surface area contributed by atoms with Crippen LogP contribution in [-0.2, 0) is 0 Å². The molecule has 2 nitrogen and oxygen atoms in total. The molecule has 15 heavy (non-hydrogen) atoms. The molecule has 90 valence electrons. The topological polar surface area (TPSA) is 23.5 Å². The number of hydrogen-bond acceptors (Lipinski definition) is 3. The summed E-state index contributed by atoms with van der Waals surface area (Å²) in [7, 11) is 0. The first-order chi connectivity index (χ1) is 7.03. The lowest BCUT2D eigenvalue weighted by molar-refractivity contribution is 0.108. The van der Waals surface area contributed by atoms with Crippen LogP contribution >= 0.6 is 11.8 Å². The van der Waals surface area contributed by atoms with E-state index in [4.69, 9.17) is 5.11 Å². The van der Waals surface area contributed by atoms with Gasteiger partial charge in [-0.15, -0.1) is 0 Å². The zero-order chi connectivity index (χ0) is 11.3. The summed E-state index contributed by atoms with van der Waals surface area (Å²) in [5.74, 6) is 1.18. The van der Waals surface area contributed by atoms with Crippen molar-refractivity contribution in [3.63, 3.8) is 0 Å². The van der Waals surface area contributed by atoms with Crippen LogP contribution in [0.15, 0.2) is 0 Å². The van der Waals surface area contributed by atoms with Crippen molar-refractivity contribution in [2.75, 3.05) is 25.4 Å². The van der Waals surface area contributed by atoms with Crippen molar-refractivity contribution in [1.29, 1.82) is 0 Å². The first-order valence-corrected chi connectivity index (χ1v) is 7.00. The molecule has 3 heteroatoms. The summed E-state index contributed by atoms with van der Waals surface area (Å²) in [5.41, 5.74) is 0. The Hall–Kier alpha value is 0.270. The maximum absolute atomic E-state index is 9.02. The average Bonchev–Trinajstić information content (AvgIpc) is 1.98. The Morgan fingerprint density at radius 2 is 1.93 bits per heavy atom. The highest BCUT2D eigenvalue weighted by Crippen LogP contribution is 2.27. The molecule has 0 atom stereocenters. The lowest BCUT2D eigenvalue weighted by atomic mass is 9.91. The van der Waals surface area contributed by atoms with E-state index in [1.807, 2.05) is 11.8 Å². The fourth-order valence-corrected chi connectivity index (χ4v) is 2.76. The van der Waals surface area contributed by atoms with E-state index in [2.05, 4.69) is 25.7 Å². The van der Waals surface area contributed by atoms with Gasteiger partial charge in [0, 0.05) is 29.6 Å². The van der Waals surface area contributed by atoms with Crippen molar-refractivity contribution in [2.24, 2.45) is 0 Å². The molecule has 1 N–H and O–H groups in total. The highest BCUT2D eigenvalue weighted by Gasteiger charge is 2.24. The predicted molar refractivity (Wildman–Crippen MR) is 68.5 cm³/mol. The molecule has 0 radical (unpaired) electrons. The lowest BCUT2D eigenvalue weighted by Gasteiger charge is -2.37. The van der Waals surface area contributed by atoms with Gasteiger partial charge < -0.3 is 5.11 Å². The van der Waals surface area contributed by atoms with E-state index in [1.54, 1.807) is 0 Å². The molecular formula is C12H25NOS. The minimum absolute atomic E-state index is 0.302. The van der Waals surface area contributed by atoms with Crippen LogP contribution in [-0.4, -0.2) is 46.2 Å². The third-order valence-electron chi connectivity index (χ3n) is 2.89. The van der Waals surface area contributed by atoms with E-state index in [-0.39, 0.29) is 0 Å². The van der Waals surface area contributed by atoms with Gasteiger partial charge in [-0.3, -0.25) is 4.90 Å². The third kappa shape index (κ3) is 5.23. The molecule has 1 aliphatic rings. The number of aliphatic hydroxyl groups excluding tert-OH is 1. The normalized spacial score (nSPS) is 18.2. The molecule has 0 aromatic carbocycles. The van der Waals surface area contributed by atoms with Crippen molar-refractivity contribution in [1.82, 2.24) is 4.90 Å². The number of rotatable bonds is 6. The van der Waals surface area contributed by atoms with Gasteiger partial charge in [-0.1, -0.05) is 27.2 Å². The number of hydrogen-bond donors (Lipinski definition) is 1. The number of thioether (sulfide) groups is 1. The quantitative estimate of drug-likeness (QED) is 0.759. The maximum atomic E-state index is 9.02. The van der Waals surface area contributed by atoms with E-state index in [0.29, 0.717) is 11.4 Å². The highest BCUT2D eigenvalue weighted by molar-refractivity contribution is 8.00. The van der Waals surface area contributed by atoms with E-state index in [9.17, 15) is 0 Å². The van der Waals surface area contributed by atoms with Crippen LogP contribution in [0, 0.1) is 0 Å². The van der Waals surface area contributed by atoms with Crippen LogP contribution in [0.25, 0.3) is 0 Å². The smallest absolute Gasteiger partial charge is 0.0558 e. The summed E-state index contributed by atoms with van der Waals surface area (Å²) in [6.45, 7) is 9.07. The molecule has 0 aromatic rings. The van der Waals surface area contributed by atoms with Crippen LogP contribution < -0.4 is 0 Å². The third-order valence-corrected chi connectivity index (χ3v) is 4.14. The van der Waals surface area contributed by atoms with Crippen LogP contribution in [0.1, 0.15) is 40.0 Å². The van der Waals surface area contributed by atoms with E-state index >= 15 is 0 Å². The van der Waals surface area contributed by atoms with Crippen molar-refractivity contribution in [3.05, 3.63) is 0 Å². The molecule has 0 unspecified atom stereocenters. The van der Waals surface area contributed by atoms with Crippen LogP contribution in [0.3, 0.4) is 0 Å². The number of nitrogens with zero attached hydrogens (tertiary/aromatic N) is 1. The zero-order valence-electron chi connectivity index (χ0n) is 10.3. The van der Waals surface area contributed by atoms with Crippen molar-refractivity contribution >= 4 is 11.8 Å². The molecular weight excluding hydrogens is 206 g/mol. The summed E-state index contributed by atoms with van der Waals surface area (Å²) in [4.78, 5) is 2.46. The van der Waals surface area contributed by atoms with Crippen molar-refractivity contribution in [2.45, 2.75) is 50.8 Å². The van der Waals surface area contributed by atoms with E-state index in [0.717, 1.165) is 19.1 Å². The highest BCUT2D eigenvalue weighted by atomic mass is 32.2. The van der Waals surface area contributed by atoms with Gasteiger partial charge in [0.25, 0.3) is 0 Å². The minimum Gasteiger partial charge on any atom is -0.395 e. The summed E-state index contributed by atoms with van der Waals surface area (Å²) < 4.78 is 0.366. The maximum Gasteiger partial charge on any atom is 0.0558 e. The Bertz CT molecular complexity index is 175. The predicted octanol–water partition coefficient (Wildman–Crippen LogP) is 2.36. The molecule has 0 bridgehead atoms. The fourth-order valence-electron chi connectivity index (χ4n) is 1.83. The Balaban J connectivity index is 2.19. The molecule has 0 heterocycles. The van der Waals surface area contributed by atoms with Gasteiger partial charge in [0.1, 0.15) is 0 Å². The van der Waals surface area contributed by atoms with Gasteiger partial charge in [0.05, 0.1) is 6.61 Å². The first kappa shape index (κ1) is 13.3. The molecule has 1 saturated carbocycles. The van der Waals surface area contributed by atoms with Crippen LogP contribution in [0.2, 0.25) is 0 Å². The van der Waals surface area contributed by atoms with Crippen molar-refractivity contribution < 1.29 is 5.11 Å². The fraction of sp³-hybridized carbons (Fsp3) is 1.00. The molecule has 1 fully saturated rings. The Kier molecular flexibility index (Phi) is 5.44. The SMILES string of the molecule is CC(C)(C)SCCN(CCO)C1CCC1. The van der Waals surface area contributed by atoms with E-state index in [1.165, 1.54) is 25.0 Å². The average molecular weight is 231 g/mol. The van der Waals surface area contributed by atoms with Crippen LogP contribution in [0.5, 0.6) is 0 Å². The van der Waals surface area contributed by atoms with E-state index < -0.39 is 0 Å². The summed E-state index contributed by atoms with van der Waals surface area (Å²) in [5, 5.41) is 9.02. The second-order valence-corrected chi connectivity index (χ2v) is 7.23. The van der Waals surface area contributed by atoms with Gasteiger partial charge in [-0.2, -0.15) is 11.8 Å². The Morgan fingerprint density at radius 1 is 1.27 bits per heavy atom. The van der Waals surface area contributed by atoms with Gasteiger partial charge in [-0.05, 0) is 12.8 Å². The summed E-state index contributed by atoms with van der Waals surface area (Å²) >= 11 is 2.02. The molecule has 1 aliphatic carbocycles. The molecule has 0 aliphatic heterocycles. The monoisotopic (exact) mass is 231 g/mol. The molecule has 0 saturated heterocycles. The Morgan fingerprint density at radius 3 is 2.33 bits per heavy atom. The Labute approximate surface area is 98.4 Å². The number of aliphatic hydroxyl groups is 1. The minimum atomic E-state index is 0.302. The van der Waals surface area contributed by atoms with Crippen LogP contribution in [0.4, 0.5) is 0 Å². The second kappa shape index (κ2) is 6.12. The van der Waals surface area contributed by atoms with Gasteiger partial charge >= 0.3 is 0 Å². The largest absolute Gasteiger partial charge is 0.395 e. The lowest BCUT2D eigenvalue weighted by Crippen LogP contribution is -2.43. The van der Waals surface area contributed by atoms with Gasteiger partial charge in [-0.25, -0.2) is 0 Å². The standard InChI is InChI=1S/C12H25NOS/c1-12(2,3)15-10-8-13(7-9-14)11-5-4-6-11/h11,14H,4-10H2,1-3H3. The first-order valence-electron chi connectivity index (χ1n) is 6.02. The van der Waals surface area contributed by atoms with Gasteiger partial charge in [0.15, 0.2) is 0 Å². The second-order valence-electron chi connectivity index (χ2n) is 5.31. The molecule has 0 spiro atoms. The summed E-state index contributed by atoms with van der Waals surface area (Å²) in [6, 6.07) is 0.762. The molecule has 1 rings (SSSR count).